The summed E-state index contributed by atoms with van der Waals surface area (Å²) in [5.41, 5.74) is 1.77. The first-order valence-electron chi connectivity index (χ1n) is 10.8. The largest absolute Gasteiger partial charge is 0.497 e. The molecule has 164 valence electrons. The molecule has 2 aromatic carbocycles. The second-order valence-electron chi connectivity index (χ2n) is 7.27. The van der Waals surface area contributed by atoms with Crippen LogP contribution in [0.2, 0.25) is 0 Å². The van der Waals surface area contributed by atoms with E-state index in [1.807, 2.05) is 36.4 Å². The summed E-state index contributed by atoms with van der Waals surface area (Å²) in [5.74, 6) is 3.01. The highest BCUT2D eigenvalue weighted by Gasteiger charge is 2.11. The third-order valence-corrected chi connectivity index (χ3v) is 4.34. The minimum Gasteiger partial charge on any atom is -0.497 e. The van der Waals surface area contributed by atoms with Crippen LogP contribution in [0.15, 0.2) is 36.4 Å². The summed E-state index contributed by atoms with van der Waals surface area (Å²) in [6.45, 7) is 8.08. The molecule has 0 aromatic heterocycles. The molecule has 0 saturated heterocycles. The van der Waals surface area contributed by atoms with Gasteiger partial charge >= 0.3 is 0 Å². The Labute approximate surface area is 180 Å². The van der Waals surface area contributed by atoms with Gasteiger partial charge in [-0.2, -0.15) is 0 Å². The van der Waals surface area contributed by atoms with Crippen LogP contribution in [0.4, 0.5) is 0 Å². The van der Waals surface area contributed by atoms with Crippen molar-refractivity contribution >= 4 is 5.78 Å². The summed E-state index contributed by atoms with van der Waals surface area (Å²) in [6.07, 6.45) is 3.39. The van der Waals surface area contributed by atoms with Crippen molar-refractivity contribution < 1.29 is 23.7 Å². The highest BCUT2D eigenvalue weighted by Crippen LogP contribution is 2.26. The zero-order valence-corrected chi connectivity index (χ0v) is 18.7. The molecule has 0 fully saturated rings. The van der Waals surface area contributed by atoms with Crippen LogP contribution in [0.3, 0.4) is 0 Å². The second-order valence-corrected chi connectivity index (χ2v) is 7.27. The molecule has 0 aliphatic rings. The summed E-state index contributed by atoms with van der Waals surface area (Å²) < 4.78 is 22.6. The average Bonchev–Trinajstić information content (AvgIpc) is 2.74. The lowest BCUT2D eigenvalue weighted by atomic mass is 10.0. The fraction of sp³-hybridized carbons (Fsp3) is 0.480. The standard InChI is InChI=1S/C25H34O5/c1-5-8-28-23-14-19(13-22(17-23)27-4)11-21(26)12-20-15-24(29-9-6-2)18-25(16-20)30-10-7-3/h13-18H,5-12H2,1-4H3. The van der Waals surface area contributed by atoms with Crippen LogP contribution in [0.1, 0.15) is 51.2 Å². The predicted octanol–water partition coefficient (Wildman–Crippen LogP) is 5.42. The van der Waals surface area contributed by atoms with E-state index in [2.05, 4.69) is 20.8 Å². The molecular formula is C25H34O5. The molecular weight excluding hydrogens is 380 g/mol. The fourth-order valence-electron chi connectivity index (χ4n) is 3.01. The number of carbonyl (C=O) groups is 1. The lowest BCUT2D eigenvalue weighted by molar-refractivity contribution is -0.117. The second kappa shape index (κ2) is 12.8. The van der Waals surface area contributed by atoms with Crippen molar-refractivity contribution in [1.82, 2.24) is 0 Å². The number of ether oxygens (including phenoxy) is 4. The molecule has 0 saturated carbocycles. The Morgan fingerprint density at radius 2 is 1.00 bits per heavy atom. The van der Waals surface area contributed by atoms with Crippen LogP contribution in [0.25, 0.3) is 0 Å². The van der Waals surface area contributed by atoms with Gasteiger partial charge in [-0.05, 0) is 54.7 Å². The van der Waals surface area contributed by atoms with Gasteiger partial charge in [0, 0.05) is 25.0 Å². The number of hydrogen-bond acceptors (Lipinski definition) is 5. The number of hydrogen-bond donors (Lipinski definition) is 0. The predicted molar refractivity (Wildman–Crippen MR) is 119 cm³/mol. The molecule has 0 spiro atoms. The van der Waals surface area contributed by atoms with E-state index in [4.69, 9.17) is 18.9 Å². The summed E-state index contributed by atoms with van der Waals surface area (Å²) >= 11 is 0. The molecule has 5 heteroatoms. The van der Waals surface area contributed by atoms with Crippen molar-refractivity contribution in [3.63, 3.8) is 0 Å². The quantitative estimate of drug-likeness (QED) is 0.413. The molecule has 0 bridgehead atoms. The van der Waals surface area contributed by atoms with Gasteiger partial charge in [0.1, 0.15) is 28.8 Å². The van der Waals surface area contributed by atoms with E-state index in [9.17, 15) is 4.79 Å². The lowest BCUT2D eigenvalue weighted by Gasteiger charge is -2.12. The summed E-state index contributed by atoms with van der Waals surface area (Å²) in [4.78, 5) is 12.8. The molecule has 0 aliphatic heterocycles. The van der Waals surface area contributed by atoms with E-state index in [1.165, 1.54) is 0 Å². The number of carbonyl (C=O) groups excluding carboxylic acids is 1. The average molecular weight is 415 g/mol. The van der Waals surface area contributed by atoms with Gasteiger partial charge in [0.25, 0.3) is 0 Å². The van der Waals surface area contributed by atoms with Gasteiger partial charge in [-0.25, -0.2) is 0 Å². The smallest absolute Gasteiger partial charge is 0.141 e. The molecule has 0 N–H and O–H groups in total. The molecule has 2 rings (SSSR count). The third kappa shape index (κ3) is 7.97. The van der Waals surface area contributed by atoms with Gasteiger partial charge in [-0.15, -0.1) is 0 Å². The van der Waals surface area contributed by atoms with E-state index in [0.29, 0.717) is 38.4 Å². The number of ketones is 1. The van der Waals surface area contributed by atoms with E-state index in [-0.39, 0.29) is 5.78 Å². The first-order chi connectivity index (χ1) is 14.6. The van der Waals surface area contributed by atoms with Gasteiger partial charge in [0.2, 0.25) is 0 Å². The number of methoxy groups -OCH3 is 1. The van der Waals surface area contributed by atoms with Gasteiger partial charge < -0.3 is 18.9 Å². The molecule has 0 atom stereocenters. The van der Waals surface area contributed by atoms with Crippen LogP contribution < -0.4 is 18.9 Å². The van der Waals surface area contributed by atoms with Gasteiger partial charge in [0.05, 0.1) is 26.9 Å². The summed E-state index contributed by atoms with van der Waals surface area (Å²) in [5, 5.41) is 0. The van der Waals surface area contributed by atoms with Crippen LogP contribution in [0, 0.1) is 0 Å². The van der Waals surface area contributed by atoms with Crippen molar-refractivity contribution in [3.05, 3.63) is 47.5 Å². The Balaban J connectivity index is 2.12. The molecule has 0 heterocycles. The van der Waals surface area contributed by atoms with E-state index < -0.39 is 0 Å². The highest BCUT2D eigenvalue weighted by atomic mass is 16.5. The summed E-state index contributed by atoms with van der Waals surface area (Å²) in [6, 6.07) is 11.4. The summed E-state index contributed by atoms with van der Waals surface area (Å²) in [7, 11) is 1.62. The topological polar surface area (TPSA) is 54.0 Å². The third-order valence-electron chi connectivity index (χ3n) is 4.34. The molecule has 5 nitrogen and oxygen atoms in total. The van der Waals surface area contributed by atoms with Crippen molar-refractivity contribution in [3.8, 4) is 23.0 Å². The highest BCUT2D eigenvalue weighted by molar-refractivity contribution is 5.83. The normalized spacial score (nSPS) is 10.5. The van der Waals surface area contributed by atoms with Crippen LogP contribution in [-0.4, -0.2) is 32.7 Å². The molecule has 0 amide bonds. The zero-order valence-electron chi connectivity index (χ0n) is 18.7. The molecule has 30 heavy (non-hydrogen) atoms. The van der Waals surface area contributed by atoms with E-state index in [1.54, 1.807) is 7.11 Å². The van der Waals surface area contributed by atoms with Crippen molar-refractivity contribution in [2.24, 2.45) is 0 Å². The minimum absolute atomic E-state index is 0.110. The van der Waals surface area contributed by atoms with E-state index >= 15 is 0 Å². The SMILES string of the molecule is CCCOc1cc(CC(=O)Cc2cc(OCCC)cc(OCCC)c2)cc(OC)c1. The number of rotatable bonds is 14. The Hall–Kier alpha value is -2.69. The Kier molecular flexibility index (Phi) is 10.1. The van der Waals surface area contributed by atoms with Gasteiger partial charge in [-0.1, -0.05) is 20.8 Å². The first-order valence-corrected chi connectivity index (χ1v) is 10.8. The Morgan fingerprint density at radius 3 is 1.37 bits per heavy atom. The molecule has 0 radical (unpaired) electrons. The molecule has 0 unspecified atom stereocenters. The Bertz CT molecular complexity index is 774. The monoisotopic (exact) mass is 414 g/mol. The number of Topliss-reactive ketones (excluding diaryl/α,β-unsaturated/α-hetero) is 1. The van der Waals surface area contributed by atoms with Crippen molar-refractivity contribution in [2.45, 2.75) is 52.9 Å². The maximum atomic E-state index is 12.8. The van der Waals surface area contributed by atoms with Crippen molar-refractivity contribution in [2.75, 3.05) is 26.9 Å². The molecule has 2 aromatic rings. The maximum absolute atomic E-state index is 12.8. The van der Waals surface area contributed by atoms with Gasteiger partial charge in [-0.3, -0.25) is 4.79 Å². The van der Waals surface area contributed by atoms with Gasteiger partial charge in [0.15, 0.2) is 0 Å². The number of benzene rings is 2. The zero-order chi connectivity index (χ0) is 21.8. The van der Waals surface area contributed by atoms with Crippen LogP contribution in [0.5, 0.6) is 23.0 Å². The Morgan fingerprint density at radius 1 is 0.633 bits per heavy atom. The minimum atomic E-state index is 0.110. The first kappa shape index (κ1) is 23.6. The lowest BCUT2D eigenvalue weighted by Crippen LogP contribution is -2.08. The van der Waals surface area contributed by atoms with Crippen LogP contribution in [-0.2, 0) is 17.6 Å². The molecule has 0 aliphatic carbocycles. The van der Waals surface area contributed by atoms with E-state index in [0.717, 1.165) is 47.6 Å². The van der Waals surface area contributed by atoms with Crippen molar-refractivity contribution in [1.29, 1.82) is 0 Å². The fourth-order valence-corrected chi connectivity index (χ4v) is 3.01. The maximum Gasteiger partial charge on any atom is 0.141 e. The van der Waals surface area contributed by atoms with Crippen LogP contribution >= 0.6 is 0 Å².